The molecule has 3 heterocycles. The maximum Gasteiger partial charge on any atom is 0.318 e. The van der Waals surface area contributed by atoms with Gasteiger partial charge in [-0.2, -0.15) is 0 Å². The number of nitrogens with zero attached hydrogens (tertiary/aromatic N) is 2. The first-order valence-electron chi connectivity index (χ1n) is 9.72. The molecule has 7 nitrogen and oxygen atoms in total. The van der Waals surface area contributed by atoms with Crippen LogP contribution in [0.25, 0.3) is 16.5 Å². The van der Waals surface area contributed by atoms with Gasteiger partial charge in [0.1, 0.15) is 6.61 Å². The van der Waals surface area contributed by atoms with Gasteiger partial charge < -0.3 is 25.2 Å². The minimum absolute atomic E-state index is 0.0303. The molecule has 1 aromatic carbocycles. The molecule has 3 N–H and O–H groups in total. The fourth-order valence-corrected chi connectivity index (χ4v) is 5.01. The van der Waals surface area contributed by atoms with Crippen molar-refractivity contribution >= 4 is 51.6 Å². The first-order chi connectivity index (χ1) is 14.4. The molecule has 3 aliphatic rings. The predicted molar refractivity (Wildman–Crippen MR) is 116 cm³/mol. The van der Waals surface area contributed by atoms with Crippen LogP contribution in [0.3, 0.4) is 0 Å². The molecule has 156 valence electrons. The SMILES string of the molecule is CN1C(=O)NC2C=C(c3cc(Cl)c(Cl)c4[nH]c5c(c34)CN(C(=O)CO)CC5)C=CC21. The zero-order valence-electron chi connectivity index (χ0n) is 16.2. The number of carbonyl (C=O) groups is 2. The number of carbonyl (C=O) groups excluding carboxylic acids is 2. The minimum atomic E-state index is -0.513. The van der Waals surface area contributed by atoms with Crippen molar-refractivity contribution in [3.05, 3.63) is 51.2 Å². The van der Waals surface area contributed by atoms with Crippen LogP contribution in [0.5, 0.6) is 0 Å². The standard InChI is InChI=1S/C21H20Cl2N4O3/c1-26-16-3-2-10(6-15(16)25-21(26)30)11-7-13(22)19(23)20-18(11)12-8-27(17(29)9-28)5-4-14(12)24-20/h2-3,6-7,15-16,24,28H,4-5,8-9H2,1H3,(H,25,30). The van der Waals surface area contributed by atoms with Crippen LogP contribution >= 0.6 is 23.2 Å². The van der Waals surface area contributed by atoms with Crippen molar-refractivity contribution in [1.29, 1.82) is 0 Å². The molecule has 30 heavy (non-hydrogen) atoms. The molecule has 3 amide bonds. The van der Waals surface area contributed by atoms with Crippen molar-refractivity contribution in [3.8, 4) is 0 Å². The van der Waals surface area contributed by atoms with E-state index in [0.29, 0.717) is 29.6 Å². The van der Waals surface area contributed by atoms with Crippen molar-refractivity contribution in [1.82, 2.24) is 20.1 Å². The van der Waals surface area contributed by atoms with E-state index in [1.807, 2.05) is 24.3 Å². The smallest absolute Gasteiger partial charge is 0.318 e. The zero-order valence-corrected chi connectivity index (χ0v) is 17.7. The van der Waals surface area contributed by atoms with Crippen molar-refractivity contribution in [3.63, 3.8) is 0 Å². The molecule has 0 bridgehead atoms. The number of amides is 3. The molecular weight excluding hydrogens is 427 g/mol. The molecule has 2 atom stereocenters. The van der Waals surface area contributed by atoms with Crippen LogP contribution in [0.15, 0.2) is 24.3 Å². The summed E-state index contributed by atoms with van der Waals surface area (Å²) in [6.07, 6.45) is 6.68. The van der Waals surface area contributed by atoms with Crippen LogP contribution in [0.4, 0.5) is 4.79 Å². The lowest BCUT2D eigenvalue weighted by atomic mass is 9.90. The number of aromatic nitrogens is 1. The number of fused-ring (bicyclic) bond motifs is 4. The molecule has 5 rings (SSSR count). The Morgan fingerprint density at radius 3 is 2.93 bits per heavy atom. The quantitative estimate of drug-likeness (QED) is 0.662. The Labute approximate surface area is 182 Å². The first-order valence-corrected chi connectivity index (χ1v) is 10.5. The van der Waals surface area contributed by atoms with Gasteiger partial charge in [-0.05, 0) is 17.2 Å². The van der Waals surface area contributed by atoms with Gasteiger partial charge in [-0.1, -0.05) is 41.4 Å². The van der Waals surface area contributed by atoms with E-state index in [9.17, 15) is 14.7 Å². The molecule has 1 aromatic heterocycles. The van der Waals surface area contributed by atoms with Gasteiger partial charge in [-0.25, -0.2) is 4.79 Å². The molecule has 9 heteroatoms. The fraction of sp³-hybridized carbons (Fsp3) is 0.333. The fourth-order valence-electron chi connectivity index (χ4n) is 4.61. The number of aliphatic hydroxyl groups is 1. The Morgan fingerprint density at radius 1 is 1.37 bits per heavy atom. The highest BCUT2D eigenvalue weighted by molar-refractivity contribution is 6.45. The molecule has 0 radical (unpaired) electrons. The van der Waals surface area contributed by atoms with Crippen LogP contribution in [0, 0.1) is 0 Å². The van der Waals surface area contributed by atoms with Crippen LogP contribution in [-0.2, 0) is 17.8 Å². The topological polar surface area (TPSA) is 88.7 Å². The summed E-state index contributed by atoms with van der Waals surface area (Å²) in [5, 5.41) is 14.0. The molecule has 0 saturated carbocycles. The van der Waals surface area contributed by atoms with Crippen LogP contribution in [-0.4, -0.2) is 64.1 Å². The monoisotopic (exact) mass is 446 g/mol. The largest absolute Gasteiger partial charge is 0.387 e. The Kier molecular flexibility index (Phi) is 4.57. The van der Waals surface area contributed by atoms with Crippen LogP contribution in [0.2, 0.25) is 10.0 Å². The first kappa shape index (κ1) is 19.5. The molecule has 2 unspecified atom stereocenters. The third-order valence-electron chi connectivity index (χ3n) is 6.20. The normalized spacial score (nSPS) is 22.8. The molecular formula is C21H20Cl2N4O3. The summed E-state index contributed by atoms with van der Waals surface area (Å²) in [6, 6.07) is 1.57. The lowest BCUT2D eigenvalue weighted by Crippen LogP contribution is -2.37. The van der Waals surface area contributed by atoms with E-state index in [1.54, 1.807) is 16.8 Å². The number of H-pyrrole nitrogens is 1. The molecule has 2 aromatic rings. The Morgan fingerprint density at radius 2 is 2.17 bits per heavy atom. The number of aliphatic hydroxyl groups excluding tert-OH is 1. The maximum atomic E-state index is 12.1. The highest BCUT2D eigenvalue weighted by atomic mass is 35.5. The van der Waals surface area contributed by atoms with Gasteiger partial charge in [0.2, 0.25) is 5.91 Å². The lowest BCUT2D eigenvalue weighted by molar-refractivity contribution is -0.135. The highest BCUT2D eigenvalue weighted by Gasteiger charge is 2.36. The average Bonchev–Trinajstić information content (AvgIpc) is 3.27. The van der Waals surface area contributed by atoms with E-state index in [4.69, 9.17) is 23.2 Å². The number of aromatic amines is 1. The van der Waals surface area contributed by atoms with E-state index in [0.717, 1.165) is 33.3 Å². The molecule has 2 aliphatic heterocycles. The summed E-state index contributed by atoms with van der Waals surface area (Å²) in [5.41, 5.74) is 4.57. The van der Waals surface area contributed by atoms with Crippen LogP contribution < -0.4 is 5.32 Å². The number of allylic oxidation sites excluding steroid dienone is 2. The van der Waals surface area contributed by atoms with E-state index in [1.165, 1.54) is 0 Å². The Bertz CT molecular complexity index is 1150. The van der Waals surface area contributed by atoms with Crippen molar-refractivity contribution in [2.24, 2.45) is 0 Å². The lowest BCUT2D eigenvalue weighted by Gasteiger charge is -2.27. The van der Waals surface area contributed by atoms with Gasteiger partial charge in [0, 0.05) is 43.2 Å². The van der Waals surface area contributed by atoms with Gasteiger partial charge >= 0.3 is 6.03 Å². The third kappa shape index (κ3) is 2.84. The Balaban J connectivity index is 1.66. The van der Waals surface area contributed by atoms with E-state index < -0.39 is 6.61 Å². The number of hydrogen-bond donors (Lipinski definition) is 3. The second kappa shape index (κ2) is 7.04. The summed E-state index contributed by atoms with van der Waals surface area (Å²) in [5.74, 6) is -0.298. The van der Waals surface area contributed by atoms with Gasteiger partial charge in [-0.15, -0.1) is 0 Å². The number of urea groups is 1. The van der Waals surface area contributed by atoms with Gasteiger partial charge in [0.05, 0.1) is 27.6 Å². The Hall–Kier alpha value is -2.48. The van der Waals surface area contributed by atoms with Crippen molar-refractivity contribution in [2.75, 3.05) is 20.2 Å². The number of benzene rings is 1. The van der Waals surface area contributed by atoms with E-state index >= 15 is 0 Å². The number of likely N-dealkylation sites (N-methyl/N-ethyl adjacent to an activating group) is 1. The average molecular weight is 447 g/mol. The van der Waals surface area contributed by atoms with Gasteiger partial charge in [0.15, 0.2) is 0 Å². The maximum absolute atomic E-state index is 12.1. The van der Waals surface area contributed by atoms with Crippen molar-refractivity contribution < 1.29 is 14.7 Å². The van der Waals surface area contributed by atoms with Gasteiger partial charge in [0.25, 0.3) is 0 Å². The molecule has 1 fully saturated rings. The summed E-state index contributed by atoms with van der Waals surface area (Å²) in [7, 11) is 1.77. The molecule has 0 spiro atoms. The second-order valence-corrected chi connectivity index (χ2v) is 8.62. The van der Waals surface area contributed by atoms with E-state index in [2.05, 4.69) is 10.3 Å². The third-order valence-corrected chi connectivity index (χ3v) is 6.99. The number of halogens is 2. The number of rotatable bonds is 2. The number of hydrogen-bond acceptors (Lipinski definition) is 3. The molecule has 1 aliphatic carbocycles. The van der Waals surface area contributed by atoms with Gasteiger partial charge in [-0.3, -0.25) is 4.79 Å². The zero-order chi connectivity index (χ0) is 21.2. The summed E-state index contributed by atoms with van der Waals surface area (Å²) in [6.45, 7) is 0.411. The highest BCUT2D eigenvalue weighted by Crippen LogP contribution is 2.42. The number of nitrogens with one attached hydrogen (secondary N) is 2. The van der Waals surface area contributed by atoms with E-state index in [-0.39, 0.29) is 24.0 Å². The van der Waals surface area contributed by atoms with Crippen molar-refractivity contribution in [2.45, 2.75) is 25.0 Å². The molecule has 1 saturated heterocycles. The predicted octanol–water partition coefficient (Wildman–Crippen LogP) is 2.70. The second-order valence-electron chi connectivity index (χ2n) is 7.83. The summed E-state index contributed by atoms with van der Waals surface area (Å²) >= 11 is 13.0. The summed E-state index contributed by atoms with van der Waals surface area (Å²) in [4.78, 5) is 30.8. The van der Waals surface area contributed by atoms with Crippen LogP contribution in [0.1, 0.15) is 16.8 Å². The summed E-state index contributed by atoms with van der Waals surface area (Å²) < 4.78 is 0. The minimum Gasteiger partial charge on any atom is -0.387 e.